The summed E-state index contributed by atoms with van der Waals surface area (Å²) in [7, 11) is 1.54. The molecule has 0 bridgehead atoms. The molecule has 1 amide bonds. The molecule has 0 unspecified atom stereocenters. The maximum Gasteiger partial charge on any atom is 0.246 e. The van der Waals surface area contributed by atoms with E-state index in [1.165, 1.54) is 6.42 Å². The topological polar surface area (TPSA) is 44.8 Å². The zero-order valence-electron chi connectivity index (χ0n) is 15.2. The molecule has 1 aromatic carbocycles. The van der Waals surface area contributed by atoms with Crippen LogP contribution in [0.2, 0.25) is 10.0 Å². The standard InChI is InChI=1S/C19H27Cl2N3O2/c1-26-13-18(25)22-15-11-14(12-15)5-6-23-7-9-24(10-8-23)17-4-2-3-16(20)19(17)21/h2-4,14-15H,5-13H2,1H3,(H,22,25)/t14-,15-. The average Bonchev–Trinajstić information content (AvgIpc) is 2.60. The molecule has 7 heteroatoms. The molecule has 0 atom stereocenters. The molecule has 26 heavy (non-hydrogen) atoms. The molecular weight excluding hydrogens is 373 g/mol. The minimum absolute atomic E-state index is 0.00764. The van der Waals surface area contributed by atoms with E-state index in [9.17, 15) is 4.79 Å². The summed E-state index contributed by atoms with van der Waals surface area (Å²) in [4.78, 5) is 16.3. The molecule has 1 saturated carbocycles. The van der Waals surface area contributed by atoms with Crippen LogP contribution in [0.25, 0.3) is 0 Å². The van der Waals surface area contributed by atoms with Gasteiger partial charge in [0.1, 0.15) is 6.61 Å². The number of anilines is 1. The summed E-state index contributed by atoms with van der Waals surface area (Å²) in [5.41, 5.74) is 1.03. The number of benzene rings is 1. The summed E-state index contributed by atoms with van der Waals surface area (Å²) in [5, 5.41) is 4.28. The van der Waals surface area contributed by atoms with Crippen LogP contribution in [-0.4, -0.2) is 63.3 Å². The Bertz CT molecular complexity index is 615. The van der Waals surface area contributed by atoms with Crippen LogP contribution in [-0.2, 0) is 9.53 Å². The van der Waals surface area contributed by atoms with Crippen LogP contribution < -0.4 is 10.2 Å². The second kappa shape index (κ2) is 9.27. The van der Waals surface area contributed by atoms with Crippen LogP contribution in [0.15, 0.2) is 18.2 Å². The Morgan fingerprint density at radius 2 is 1.96 bits per heavy atom. The predicted molar refractivity (Wildman–Crippen MR) is 106 cm³/mol. The second-order valence-corrected chi connectivity index (χ2v) is 8.01. The third-order valence-corrected chi connectivity index (χ3v) is 6.18. The lowest BCUT2D eigenvalue weighted by Crippen LogP contribution is -2.49. The number of rotatable bonds is 7. The van der Waals surface area contributed by atoms with Crippen LogP contribution >= 0.6 is 23.2 Å². The van der Waals surface area contributed by atoms with Crippen molar-refractivity contribution in [1.29, 1.82) is 0 Å². The summed E-state index contributed by atoms with van der Waals surface area (Å²) in [6.07, 6.45) is 3.38. The summed E-state index contributed by atoms with van der Waals surface area (Å²) < 4.78 is 4.84. The minimum Gasteiger partial charge on any atom is -0.375 e. The first kappa shape index (κ1) is 19.7. The third kappa shape index (κ3) is 5.03. The highest BCUT2D eigenvalue weighted by Crippen LogP contribution is 2.33. The molecule has 1 N–H and O–H groups in total. The fourth-order valence-corrected chi connectivity index (χ4v) is 4.22. The van der Waals surface area contributed by atoms with E-state index < -0.39 is 0 Å². The number of nitrogens with one attached hydrogen (secondary N) is 1. The first-order valence-electron chi connectivity index (χ1n) is 9.26. The fraction of sp³-hybridized carbons (Fsp3) is 0.632. The van der Waals surface area contributed by atoms with E-state index in [2.05, 4.69) is 15.1 Å². The van der Waals surface area contributed by atoms with Gasteiger partial charge in [-0.25, -0.2) is 0 Å². The Kier molecular flexibility index (Phi) is 7.04. The molecule has 2 aliphatic rings. The van der Waals surface area contributed by atoms with Gasteiger partial charge in [-0.1, -0.05) is 29.3 Å². The molecule has 0 radical (unpaired) electrons. The van der Waals surface area contributed by atoms with Crippen molar-refractivity contribution < 1.29 is 9.53 Å². The van der Waals surface area contributed by atoms with Crippen LogP contribution in [0.1, 0.15) is 19.3 Å². The number of halogens is 2. The van der Waals surface area contributed by atoms with Gasteiger partial charge in [0, 0.05) is 39.3 Å². The van der Waals surface area contributed by atoms with E-state index in [0.29, 0.717) is 16.1 Å². The number of methoxy groups -OCH3 is 1. The largest absolute Gasteiger partial charge is 0.375 e. The number of nitrogens with zero attached hydrogens (tertiary/aromatic N) is 2. The van der Waals surface area contributed by atoms with Gasteiger partial charge in [-0.3, -0.25) is 9.69 Å². The van der Waals surface area contributed by atoms with E-state index in [0.717, 1.165) is 57.2 Å². The lowest BCUT2D eigenvalue weighted by atomic mass is 9.78. The zero-order valence-corrected chi connectivity index (χ0v) is 16.7. The third-order valence-electron chi connectivity index (χ3n) is 5.37. The number of hydrogen-bond donors (Lipinski definition) is 1. The van der Waals surface area contributed by atoms with Gasteiger partial charge < -0.3 is 15.0 Å². The Hall–Kier alpha value is -1.01. The van der Waals surface area contributed by atoms with E-state index >= 15 is 0 Å². The van der Waals surface area contributed by atoms with Crippen molar-refractivity contribution in [3.8, 4) is 0 Å². The highest BCUT2D eigenvalue weighted by atomic mass is 35.5. The number of amides is 1. The Balaban J connectivity index is 1.34. The van der Waals surface area contributed by atoms with Crippen LogP contribution in [0.4, 0.5) is 5.69 Å². The van der Waals surface area contributed by atoms with Crippen LogP contribution in [0, 0.1) is 5.92 Å². The van der Waals surface area contributed by atoms with Crippen LogP contribution in [0.3, 0.4) is 0 Å². The average molecular weight is 400 g/mol. The minimum atomic E-state index is -0.00764. The van der Waals surface area contributed by atoms with Crippen molar-refractivity contribution in [1.82, 2.24) is 10.2 Å². The summed E-state index contributed by atoms with van der Waals surface area (Å²) in [6, 6.07) is 6.15. The van der Waals surface area contributed by atoms with Gasteiger partial charge in [0.25, 0.3) is 0 Å². The van der Waals surface area contributed by atoms with Crippen molar-refractivity contribution in [2.45, 2.75) is 25.3 Å². The molecular formula is C19H27Cl2N3O2. The second-order valence-electron chi connectivity index (χ2n) is 7.23. The van der Waals surface area contributed by atoms with Crippen molar-refractivity contribution in [3.05, 3.63) is 28.2 Å². The first-order valence-corrected chi connectivity index (χ1v) is 10.0. The fourth-order valence-electron chi connectivity index (χ4n) is 3.80. The van der Waals surface area contributed by atoms with Crippen molar-refractivity contribution in [2.75, 3.05) is 51.3 Å². The monoisotopic (exact) mass is 399 g/mol. The molecule has 5 nitrogen and oxygen atoms in total. The lowest BCUT2D eigenvalue weighted by Gasteiger charge is -2.39. The molecule has 0 spiro atoms. The maximum absolute atomic E-state index is 11.5. The summed E-state index contributed by atoms with van der Waals surface area (Å²) in [5.74, 6) is 0.718. The van der Waals surface area contributed by atoms with Gasteiger partial charge >= 0.3 is 0 Å². The van der Waals surface area contributed by atoms with Gasteiger partial charge in [0.15, 0.2) is 0 Å². The van der Waals surface area contributed by atoms with E-state index in [4.69, 9.17) is 27.9 Å². The van der Waals surface area contributed by atoms with E-state index in [1.807, 2.05) is 18.2 Å². The molecule has 1 aliphatic carbocycles. The molecule has 1 heterocycles. The highest BCUT2D eigenvalue weighted by molar-refractivity contribution is 6.43. The zero-order chi connectivity index (χ0) is 18.5. The van der Waals surface area contributed by atoms with E-state index in [-0.39, 0.29) is 12.5 Å². The molecule has 144 valence electrons. The van der Waals surface area contributed by atoms with Crippen LogP contribution in [0.5, 0.6) is 0 Å². The van der Waals surface area contributed by atoms with Gasteiger partial charge in [0.2, 0.25) is 5.91 Å². The van der Waals surface area contributed by atoms with Gasteiger partial charge in [-0.2, -0.15) is 0 Å². The number of carbonyl (C=O) groups excluding carboxylic acids is 1. The summed E-state index contributed by atoms with van der Waals surface area (Å²) >= 11 is 12.5. The predicted octanol–water partition coefficient (Wildman–Crippen LogP) is 3.05. The first-order chi connectivity index (χ1) is 12.6. The Morgan fingerprint density at radius 1 is 1.23 bits per heavy atom. The SMILES string of the molecule is COCC(=O)N[C@H]1C[C@H](CCN2CCN(c3cccc(Cl)c3Cl)CC2)C1. The number of carbonyl (C=O) groups is 1. The lowest BCUT2D eigenvalue weighted by molar-refractivity contribution is -0.126. The number of hydrogen-bond acceptors (Lipinski definition) is 4. The quantitative estimate of drug-likeness (QED) is 0.764. The molecule has 3 rings (SSSR count). The maximum atomic E-state index is 11.5. The number of piperazine rings is 1. The number of ether oxygens (including phenoxy) is 1. The van der Waals surface area contributed by atoms with Crippen molar-refractivity contribution >= 4 is 34.8 Å². The molecule has 2 fully saturated rings. The normalized spacial score (nSPS) is 23.6. The van der Waals surface area contributed by atoms with Gasteiger partial charge in [-0.05, 0) is 43.9 Å². The highest BCUT2D eigenvalue weighted by Gasteiger charge is 2.30. The summed E-state index contributed by atoms with van der Waals surface area (Å²) in [6.45, 7) is 5.32. The van der Waals surface area contributed by atoms with E-state index in [1.54, 1.807) is 7.11 Å². The Morgan fingerprint density at radius 3 is 2.65 bits per heavy atom. The van der Waals surface area contributed by atoms with Gasteiger partial charge in [-0.15, -0.1) is 0 Å². The molecule has 0 aromatic heterocycles. The Labute approximate surface area is 165 Å². The molecule has 1 saturated heterocycles. The molecule has 1 aromatic rings. The smallest absolute Gasteiger partial charge is 0.246 e. The van der Waals surface area contributed by atoms with Crippen molar-refractivity contribution in [3.63, 3.8) is 0 Å². The van der Waals surface area contributed by atoms with Crippen molar-refractivity contribution in [2.24, 2.45) is 5.92 Å². The van der Waals surface area contributed by atoms with Gasteiger partial charge in [0.05, 0.1) is 15.7 Å². The molecule has 1 aliphatic heterocycles.